The molecule has 0 aliphatic carbocycles. The Hall–Kier alpha value is -4.23. The molecule has 6 rings (SSSR count). The summed E-state index contributed by atoms with van der Waals surface area (Å²) in [7, 11) is 0. The molecule has 206 valence electrons. The average molecular weight is 540 g/mol. The normalized spacial score (nSPS) is 17.9. The molecule has 1 aromatic carbocycles. The molecule has 0 bridgehead atoms. The summed E-state index contributed by atoms with van der Waals surface area (Å²) >= 11 is 0. The standard InChI is InChI=1S/C28H33N11O/c1-3-31-26-27-32-13-22(12-30)39(27)35-28(34-26)33-20-4-5-25-24(10-20)19(11-29)15-38(25)21-6-8-37(9-7-21)23-16-36(17-23)14-18(2)40/h4-5,10,13,15,18,21,23,40H,3,6-9,14,16-17H2,1-2H3,(H2,31,33,34,35)/t18-/m0/s1. The van der Waals surface area contributed by atoms with Crippen molar-refractivity contribution >= 4 is 34.0 Å². The second-order valence-electron chi connectivity index (χ2n) is 10.7. The molecule has 3 N–H and O–H groups in total. The molecule has 12 heteroatoms. The molecule has 0 unspecified atom stereocenters. The van der Waals surface area contributed by atoms with Crippen LogP contribution >= 0.6 is 0 Å². The minimum atomic E-state index is -0.279. The molecule has 4 aromatic rings. The lowest BCUT2D eigenvalue weighted by Crippen LogP contribution is -2.61. The molecule has 40 heavy (non-hydrogen) atoms. The van der Waals surface area contributed by atoms with E-state index >= 15 is 0 Å². The Morgan fingerprint density at radius 3 is 2.65 bits per heavy atom. The first-order valence-electron chi connectivity index (χ1n) is 13.8. The Kier molecular flexibility index (Phi) is 6.98. The second kappa shape index (κ2) is 10.7. The fourth-order valence-electron chi connectivity index (χ4n) is 5.98. The van der Waals surface area contributed by atoms with Gasteiger partial charge in [-0.25, -0.2) is 4.98 Å². The SMILES string of the molecule is CCNc1nc(Nc2ccc3c(c2)c(C#N)cn3C2CCN(C3CN(C[C@H](C)O)C3)CC2)nn2c(C#N)cnc12. The number of rotatable bonds is 8. The van der Waals surface area contributed by atoms with Crippen LogP contribution in [0.15, 0.2) is 30.6 Å². The van der Waals surface area contributed by atoms with Crippen molar-refractivity contribution in [3.8, 4) is 12.1 Å². The number of likely N-dealkylation sites (tertiary alicyclic amines) is 2. The first-order chi connectivity index (χ1) is 19.5. The minimum absolute atomic E-state index is 0.279. The van der Waals surface area contributed by atoms with Crippen molar-refractivity contribution in [2.75, 3.05) is 49.9 Å². The molecule has 0 amide bonds. The quantitative estimate of drug-likeness (QED) is 0.305. The van der Waals surface area contributed by atoms with E-state index < -0.39 is 0 Å². The maximum absolute atomic E-state index is 9.93. The van der Waals surface area contributed by atoms with Crippen LogP contribution in [0, 0.1) is 22.7 Å². The number of fused-ring (bicyclic) bond motifs is 2. The lowest BCUT2D eigenvalue weighted by Gasteiger charge is -2.48. The molecule has 0 saturated carbocycles. The third kappa shape index (κ3) is 4.82. The number of aromatic nitrogens is 5. The van der Waals surface area contributed by atoms with E-state index in [0.29, 0.717) is 47.3 Å². The number of benzene rings is 1. The van der Waals surface area contributed by atoms with Crippen LogP contribution in [0.2, 0.25) is 0 Å². The van der Waals surface area contributed by atoms with Gasteiger partial charge in [0.1, 0.15) is 12.1 Å². The monoisotopic (exact) mass is 539 g/mol. The zero-order valence-electron chi connectivity index (χ0n) is 22.7. The Bertz CT molecular complexity index is 1610. The predicted octanol–water partition coefficient (Wildman–Crippen LogP) is 2.70. The van der Waals surface area contributed by atoms with Crippen molar-refractivity contribution in [2.45, 2.75) is 44.9 Å². The minimum Gasteiger partial charge on any atom is -0.392 e. The summed E-state index contributed by atoms with van der Waals surface area (Å²) in [6.07, 6.45) is 5.26. The van der Waals surface area contributed by atoms with Gasteiger partial charge in [0.05, 0.1) is 17.9 Å². The Morgan fingerprint density at radius 1 is 1.15 bits per heavy atom. The largest absolute Gasteiger partial charge is 0.392 e. The van der Waals surface area contributed by atoms with Crippen LogP contribution in [0.4, 0.5) is 17.5 Å². The number of hydrogen-bond donors (Lipinski definition) is 3. The summed E-state index contributed by atoms with van der Waals surface area (Å²) < 4.78 is 3.75. The smallest absolute Gasteiger partial charge is 0.247 e. The fourth-order valence-corrected chi connectivity index (χ4v) is 5.98. The number of aliphatic hydroxyl groups excluding tert-OH is 1. The molecule has 2 aliphatic heterocycles. The van der Waals surface area contributed by atoms with Crippen LogP contribution in [0.25, 0.3) is 16.6 Å². The molecular formula is C28H33N11O. The van der Waals surface area contributed by atoms with Gasteiger partial charge in [-0.3, -0.25) is 9.80 Å². The van der Waals surface area contributed by atoms with Gasteiger partial charge in [0.15, 0.2) is 17.2 Å². The summed E-state index contributed by atoms with van der Waals surface area (Å²) in [5.41, 5.74) is 3.24. The van der Waals surface area contributed by atoms with Gasteiger partial charge in [-0.1, -0.05) is 0 Å². The summed E-state index contributed by atoms with van der Waals surface area (Å²) in [4.78, 5) is 13.7. The lowest BCUT2D eigenvalue weighted by atomic mass is 9.99. The Balaban J connectivity index is 1.20. The molecule has 2 aliphatic rings. The van der Waals surface area contributed by atoms with Crippen molar-refractivity contribution in [1.29, 1.82) is 10.5 Å². The number of nitriles is 2. The summed E-state index contributed by atoms with van der Waals surface area (Å²) in [5.74, 6) is 0.862. The molecule has 3 aromatic heterocycles. The topological polar surface area (TPSA) is 146 Å². The van der Waals surface area contributed by atoms with E-state index in [1.807, 2.05) is 38.2 Å². The highest BCUT2D eigenvalue weighted by molar-refractivity contribution is 5.90. The first-order valence-corrected chi connectivity index (χ1v) is 13.8. The fraction of sp³-hybridized carbons (Fsp3) is 0.464. The first kappa shape index (κ1) is 26.0. The Morgan fingerprint density at radius 2 is 1.95 bits per heavy atom. The van der Waals surface area contributed by atoms with E-state index in [1.165, 1.54) is 10.7 Å². The second-order valence-corrected chi connectivity index (χ2v) is 10.7. The van der Waals surface area contributed by atoms with Gasteiger partial charge in [-0.05, 0) is 44.9 Å². The maximum atomic E-state index is 9.93. The number of nitrogens with one attached hydrogen (secondary N) is 2. The van der Waals surface area contributed by atoms with Gasteiger partial charge in [0.25, 0.3) is 0 Å². The predicted molar refractivity (Wildman–Crippen MR) is 151 cm³/mol. The average Bonchev–Trinajstić information content (AvgIpc) is 3.52. The maximum Gasteiger partial charge on any atom is 0.247 e. The number of piperidine rings is 1. The van der Waals surface area contributed by atoms with Crippen LogP contribution in [-0.4, -0.2) is 90.5 Å². The molecule has 2 fully saturated rings. The highest BCUT2D eigenvalue weighted by atomic mass is 16.3. The Labute approximate surface area is 232 Å². The number of β-amino-alcohol motifs (C(OH)–C–C–N with tert-alkyl or cyclic N) is 1. The lowest BCUT2D eigenvalue weighted by molar-refractivity contribution is -0.00462. The van der Waals surface area contributed by atoms with Crippen LogP contribution in [0.1, 0.15) is 44.0 Å². The van der Waals surface area contributed by atoms with Gasteiger partial charge >= 0.3 is 0 Å². The van der Waals surface area contributed by atoms with Gasteiger partial charge in [0.2, 0.25) is 5.95 Å². The molecule has 0 radical (unpaired) electrons. The molecule has 2 saturated heterocycles. The third-order valence-electron chi connectivity index (χ3n) is 7.90. The zero-order valence-corrected chi connectivity index (χ0v) is 22.7. The van der Waals surface area contributed by atoms with Gasteiger partial charge in [-0.2, -0.15) is 20.0 Å². The number of anilines is 3. The van der Waals surface area contributed by atoms with Crippen LogP contribution < -0.4 is 10.6 Å². The van der Waals surface area contributed by atoms with E-state index in [-0.39, 0.29) is 6.10 Å². The molecule has 1 atom stereocenters. The summed E-state index contributed by atoms with van der Waals surface area (Å²) in [6, 6.07) is 11.4. The number of aliphatic hydroxyl groups is 1. The van der Waals surface area contributed by atoms with Gasteiger partial charge < -0.3 is 20.3 Å². The van der Waals surface area contributed by atoms with Crippen LogP contribution in [0.3, 0.4) is 0 Å². The van der Waals surface area contributed by atoms with Crippen LogP contribution in [0.5, 0.6) is 0 Å². The van der Waals surface area contributed by atoms with Crippen molar-refractivity contribution < 1.29 is 5.11 Å². The van der Waals surface area contributed by atoms with Gasteiger partial charge in [-0.15, -0.1) is 5.10 Å². The molecule has 0 spiro atoms. The number of nitrogens with zero attached hydrogens (tertiary/aromatic N) is 9. The summed E-state index contributed by atoms with van der Waals surface area (Å²) in [5, 5.41) is 40.8. The highest BCUT2D eigenvalue weighted by Gasteiger charge is 2.34. The molecule has 12 nitrogen and oxygen atoms in total. The van der Waals surface area contributed by atoms with Crippen molar-refractivity contribution in [3.63, 3.8) is 0 Å². The van der Waals surface area contributed by atoms with E-state index in [1.54, 1.807) is 0 Å². The van der Waals surface area contributed by atoms with Crippen molar-refractivity contribution in [1.82, 2.24) is 33.9 Å². The van der Waals surface area contributed by atoms with E-state index in [9.17, 15) is 15.6 Å². The van der Waals surface area contributed by atoms with Crippen molar-refractivity contribution in [2.24, 2.45) is 0 Å². The molecular weight excluding hydrogens is 506 g/mol. The van der Waals surface area contributed by atoms with E-state index in [2.05, 4.69) is 52.2 Å². The molecule has 5 heterocycles. The van der Waals surface area contributed by atoms with E-state index in [4.69, 9.17) is 0 Å². The van der Waals surface area contributed by atoms with Gasteiger partial charge in [0, 0.05) is 74.1 Å². The number of hydrogen-bond acceptors (Lipinski definition) is 10. The third-order valence-corrected chi connectivity index (χ3v) is 7.90. The van der Waals surface area contributed by atoms with Crippen LogP contribution in [-0.2, 0) is 0 Å². The van der Waals surface area contributed by atoms with E-state index in [0.717, 1.165) is 62.2 Å². The summed E-state index contributed by atoms with van der Waals surface area (Å²) in [6.45, 7) is 9.33. The zero-order chi connectivity index (χ0) is 27.8. The number of imidazole rings is 1. The van der Waals surface area contributed by atoms with Crippen molar-refractivity contribution in [3.05, 3.63) is 41.9 Å². The highest BCUT2D eigenvalue weighted by Crippen LogP contribution is 2.33.